The van der Waals surface area contributed by atoms with Gasteiger partial charge in [0.05, 0.1) is 16.8 Å². The monoisotopic (exact) mass is 598 g/mol. The molecule has 0 saturated carbocycles. The van der Waals surface area contributed by atoms with Crippen LogP contribution in [0.2, 0.25) is 0 Å². The average molecular weight is 599 g/mol. The third kappa shape index (κ3) is 7.41. The molecular weight excluding hydrogens is 565 g/mol. The molecule has 3 heterocycles. The van der Waals surface area contributed by atoms with E-state index in [-0.39, 0.29) is 25.7 Å². The van der Waals surface area contributed by atoms with Gasteiger partial charge in [-0.1, -0.05) is 23.5 Å². The fraction of sp³-hybridized carbons (Fsp3) is 0.542. The topological polar surface area (TPSA) is 142 Å². The smallest absolute Gasteiger partial charge is 0.278 e. The van der Waals surface area contributed by atoms with Gasteiger partial charge < -0.3 is 9.64 Å². The molecule has 12 nitrogen and oxygen atoms in total. The summed E-state index contributed by atoms with van der Waals surface area (Å²) in [5.74, 6) is -0.603. The predicted molar refractivity (Wildman–Crippen MR) is 149 cm³/mol. The highest BCUT2D eigenvalue weighted by Crippen LogP contribution is 2.27. The normalized spacial score (nSPS) is 18.0. The van der Waals surface area contributed by atoms with Crippen molar-refractivity contribution in [1.82, 2.24) is 19.2 Å². The number of likely N-dealkylation sites (N-methyl/N-ethyl adjacent to an activating group) is 1. The number of anilines is 1. The minimum absolute atomic E-state index is 0.0428. The lowest BCUT2D eigenvalue weighted by atomic mass is 10.1. The largest absolute Gasteiger partial charge is 0.385 e. The number of hydrogen-bond donors (Lipinski definition) is 1. The Labute approximate surface area is 233 Å². The second-order valence-corrected chi connectivity index (χ2v) is 14.7. The Bertz CT molecular complexity index is 1380. The van der Waals surface area contributed by atoms with E-state index in [9.17, 15) is 21.6 Å². The summed E-state index contributed by atoms with van der Waals surface area (Å²) >= 11 is 0.889. The zero-order valence-electron chi connectivity index (χ0n) is 22.1. The molecule has 1 N–H and O–H groups in total. The molecule has 39 heavy (non-hydrogen) atoms. The summed E-state index contributed by atoms with van der Waals surface area (Å²) in [6.45, 7) is 3.82. The number of piperazine rings is 1. The maximum Gasteiger partial charge on any atom is 0.278 e. The number of hydrogen-bond acceptors (Lipinski definition) is 11. The second-order valence-electron chi connectivity index (χ2n) is 9.44. The second kappa shape index (κ2) is 12.8. The van der Waals surface area contributed by atoms with Crippen molar-refractivity contribution in [2.75, 3.05) is 71.1 Å². The number of methoxy groups -OCH3 is 1. The van der Waals surface area contributed by atoms with Crippen LogP contribution in [0.1, 0.15) is 24.8 Å². The summed E-state index contributed by atoms with van der Waals surface area (Å²) in [5, 5.41) is 9.17. The van der Waals surface area contributed by atoms with Crippen LogP contribution in [0.3, 0.4) is 0 Å². The van der Waals surface area contributed by atoms with Crippen molar-refractivity contribution in [3.63, 3.8) is 0 Å². The van der Waals surface area contributed by atoms with Gasteiger partial charge in [-0.25, -0.2) is 21.8 Å². The number of carbonyl (C=O) groups is 1. The molecule has 0 radical (unpaired) electrons. The maximum absolute atomic E-state index is 13.4. The van der Waals surface area contributed by atoms with Gasteiger partial charge in [0.25, 0.3) is 15.9 Å². The average Bonchev–Trinajstić information content (AvgIpc) is 3.60. The molecule has 1 amide bonds. The first kappa shape index (κ1) is 29.6. The number of hydrazone groups is 1. The van der Waals surface area contributed by atoms with E-state index in [0.717, 1.165) is 24.2 Å². The van der Waals surface area contributed by atoms with Crippen LogP contribution in [0.25, 0.3) is 0 Å². The molecule has 2 saturated heterocycles. The molecule has 4 rings (SSSR count). The third-order valence-electron chi connectivity index (χ3n) is 6.55. The van der Waals surface area contributed by atoms with E-state index < -0.39 is 25.8 Å². The van der Waals surface area contributed by atoms with E-state index in [0.29, 0.717) is 57.9 Å². The van der Waals surface area contributed by atoms with Crippen molar-refractivity contribution >= 4 is 47.9 Å². The summed E-state index contributed by atoms with van der Waals surface area (Å²) in [4.78, 5) is 19.7. The third-order valence-corrected chi connectivity index (χ3v) is 11.6. The first-order chi connectivity index (χ1) is 18.6. The first-order valence-corrected chi connectivity index (χ1v) is 16.6. The summed E-state index contributed by atoms with van der Waals surface area (Å²) in [6, 6.07) is 6.05. The predicted octanol–water partition coefficient (Wildman–Crippen LogP) is 1.33. The quantitative estimate of drug-likeness (QED) is 0.299. The number of aromatic nitrogens is 1. The van der Waals surface area contributed by atoms with E-state index in [4.69, 9.17) is 4.74 Å². The van der Waals surface area contributed by atoms with Crippen molar-refractivity contribution in [3.05, 3.63) is 36.0 Å². The Morgan fingerprint density at radius 3 is 2.36 bits per heavy atom. The molecule has 0 bridgehead atoms. The number of nitrogens with zero attached hydrogens (tertiary/aromatic N) is 5. The molecule has 15 heteroatoms. The van der Waals surface area contributed by atoms with Crippen molar-refractivity contribution < 1.29 is 26.4 Å². The van der Waals surface area contributed by atoms with Crippen LogP contribution in [0.15, 0.2) is 44.7 Å². The number of rotatable bonds is 11. The first-order valence-electron chi connectivity index (χ1n) is 12.7. The summed E-state index contributed by atoms with van der Waals surface area (Å²) in [6.07, 6.45) is 3.55. The van der Waals surface area contributed by atoms with Gasteiger partial charge in [-0.15, -0.1) is 0 Å². The Balaban J connectivity index is 1.52. The van der Waals surface area contributed by atoms with Crippen LogP contribution in [0.5, 0.6) is 0 Å². The molecule has 0 spiro atoms. The Morgan fingerprint density at radius 1 is 1.05 bits per heavy atom. The van der Waals surface area contributed by atoms with Crippen molar-refractivity contribution in [3.8, 4) is 0 Å². The molecular formula is C24H34N6O6S3. The van der Waals surface area contributed by atoms with Crippen LogP contribution in [0.4, 0.5) is 5.13 Å². The molecule has 1 aromatic carbocycles. The Hall–Kier alpha value is -2.43. The molecule has 0 aliphatic carbocycles. The van der Waals surface area contributed by atoms with Gasteiger partial charge in [0.15, 0.2) is 24.9 Å². The molecule has 0 atom stereocenters. The summed E-state index contributed by atoms with van der Waals surface area (Å²) < 4.78 is 57.8. The minimum atomic E-state index is -3.71. The van der Waals surface area contributed by atoms with Crippen molar-refractivity contribution in [2.45, 2.75) is 28.4 Å². The van der Waals surface area contributed by atoms with E-state index in [1.54, 1.807) is 17.1 Å². The van der Waals surface area contributed by atoms with Crippen LogP contribution >= 0.6 is 11.3 Å². The van der Waals surface area contributed by atoms with Crippen molar-refractivity contribution in [1.29, 1.82) is 0 Å². The van der Waals surface area contributed by atoms with E-state index in [1.807, 2.05) is 7.05 Å². The van der Waals surface area contributed by atoms with Gasteiger partial charge in [0.1, 0.15) is 0 Å². The lowest BCUT2D eigenvalue weighted by Gasteiger charge is -2.30. The number of carbonyl (C=O) groups excluding carboxylic acids is 1. The molecule has 1 aromatic heterocycles. The fourth-order valence-corrected chi connectivity index (χ4v) is 8.14. The van der Waals surface area contributed by atoms with E-state index in [2.05, 4.69) is 20.3 Å². The lowest BCUT2D eigenvalue weighted by Crippen LogP contribution is -2.46. The van der Waals surface area contributed by atoms with Gasteiger partial charge in [-0.3, -0.25) is 15.1 Å². The molecule has 2 aliphatic heterocycles. The number of sulfonamides is 1. The van der Waals surface area contributed by atoms with Gasteiger partial charge in [-0.2, -0.15) is 9.41 Å². The fourth-order valence-electron chi connectivity index (χ4n) is 4.26. The lowest BCUT2D eigenvalue weighted by molar-refractivity contribution is -0.110. The zero-order valence-corrected chi connectivity index (χ0v) is 24.5. The van der Waals surface area contributed by atoms with Crippen LogP contribution in [0, 0.1) is 0 Å². The minimum Gasteiger partial charge on any atom is -0.385 e. The van der Waals surface area contributed by atoms with Crippen LogP contribution in [-0.4, -0.2) is 113 Å². The number of thiazole rings is 1. The number of sulfone groups is 1. The van der Waals surface area contributed by atoms with Crippen LogP contribution in [-0.2, 0) is 29.4 Å². The molecule has 2 fully saturated rings. The van der Waals surface area contributed by atoms with Gasteiger partial charge in [-0.05, 0) is 38.4 Å². The highest BCUT2D eigenvalue weighted by Gasteiger charge is 2.30. The molecule has 0 unspecified atom stereocenters. The molecule has 2 aromatic rings. The summed E-state index contributed by atoms with van der Waals surface area (Å²) in [5.41, 5.74) is 0.538. The highest BCUT2D eigenvalue weighted by molar-refractivity contribution is 7.91. The number of nitrogens with one attached hydrogen (secondary N) is 1. The maximum atomic E-state index is 13.4. The Kier molecular flexibility index (Phi) is 9.72. The number of benzene rings is 1. The molecule has 214 valence electrons. The number of ether oxygens (including phenoxy) is 1. The Morgan fingerprint density at radius 2 is 1.72 bits per heavy atom. The molecule has 2 aliphatic rings. The van der Waals surface area contributed by atoms with Crippen molar-refractivity contribution in [2.24, 2.45) is 5.10 Å². The zero-order chi connectivity index (χ0) is 28.0. The highest BCUT2D eigenvalue weighted by atomic mass is 32.2. The van der Waals surface area contributed by atoms with Gasteiger partial charge >= 0.3 is 0 Å². The standard InChI is InChI=1S/C24H34N6O6S3/c1-28-12-14-30(15-13-28)39(34,35)21-18-25-24(37-21)26-23(31)22(27-29-10-3-4-11-29)19-6-8-20(9-7-19)38(32,33)17-5-16-36-2/h6-9,18H,3-5,10-17H2,1-2H3,(H,25,26,31). The summed E-state index contributed by atoms with van der Waals surface area (Å²) in [7, 11) is -3.74. The SMILES string of the molecule is COCCCS(=O)(=O)c1ccc(C(=NN2CCCC2)C(=O)Nc2ncc(S(=O)(=O)N3CCN(C)CC3)s2)cc1. The van der Waals surface area contributed by atoms with E-state index in [1.165, 1.54) is 29.7 Å². The number of amides is 1. The van der Waals surface area contributed by atoms with Gasteiger partial charge in [0.2, 0.25) is 0 Å². The van der Waals surface area contributed by atoms with E-state index >= 15 is 0 Å². The van der Waals surface area contributed by atoms with Crippen LogP contribution < -0.4 is 5.32 Å². The van der Waals surface area contributed by atoms with Gasteiger partial charge in [0, 0.05) is 58.5 Å².